The van der Waals surface area contributed by atoms with Crippen LogP contribution in [0.4, 0.5) is 9.59 Å². The molecule has 1 rings (SSSR count). The molecule has 0 unspecified atom stereocenters. The number of amides is 2. The van der Waals surface area contributed by atoms with Crippen molar-refractivity contribution in [3.8, 4) is 0 Å². The topological polar surface area (TPSA) is 131 Å². The highest BCUT2D eigenvalue weighted by Gasteiger charge is 2.46. The van der Waals surface area contributed by atoms with Crippen LogP contribution in [0.2, 0.25) is 0 Å². The second-order valence-electron chi connectivity index (χ2n) is 10.6. The third-order valence-electron chi connectivity index (χ3n) is 3.85. The Morgan fingerprint density at radius 1 is 1.03 bits per heavy atom. The number of ether oxygens (including phenoxy) is 2. The number of rotatable bonds is 3. The molecule has 0 radical (unpaired) electrons. The fourth-order valence-electron chi connectivity index (χ4n) is 2.42. The first-order valence-electron chi connectivity index (χ1n) is 10.2. The Balaban J connectivity index is 0.000000594. The van der Waals surface area contributed by atoms with Crippen molar-refractivity contribution in [2.75, 3.05) is 13.2 Å². The van der Waals surface area contributed by atoms with Crippen LogP contribution >= 0.6 is 0 Å². The van der Waals surface area contributed by atoms with Crippen molar-refractivity contribution in [2.45, 2.75) is 104 Å². The van der Waals surface area contributed by atoms with Crippen LogP contribution in [-0.4, -0.2) is 65.5 Å². The minimum Gasteiger partial charge on any atom is -0.444 e. The number of carbonyl (C=O) groups excluding carboxylic acids is 2. The van der Waals surface area contributed by atoms with Gasteiger partial charge in [0.2, 0.25) is 0 Å². The lowest BCUT2D eigenvalue weighted by Crippen LogP contribution is -2.56. The van der Waals surface area contributed by atoms with Gasteiger partial charge in [-0.2, -0.15) is 12.7 Å². The van der Waals surface area contributed by atoms with Gasteiger partial charge >= 0.3 is 22.5 Å². The molecular weight excluding hydrogens is 428 g/mol. The summed E-state index contributed by atoms with van der Waals surface area (Å²) in [6, 6.07) is 0. The van der Waals surface area contributed by atoms with E-state index in [9.17, 15) is 18.0 Å². The van der Waals surface area contributed by atoms with Gasteiger partial charge in [0, 0.05) is 12.1 Å². The number of aliphatic hydroxyl groups excluding tert-OH is 1. The minimum absolute atomic E-state index is 0.0444. The van der Waals surface area contributed by atoms with Crippen molar-refractivity contribution in [1.82, 2.24) is 9.62 Å². The Labute approximate surface area is 186 Å². The summed E-state index contributed by atoms with van der Waals surface area (Å²) in [6.07, 6.45) is -0.407. The van der Waals surface area contributed by atoms with Gasteiger partial charge in [0.1, 0.15) is 11.2 Å². The maximum Gasteiger partial charge on any atom is 0.426 e. The van der Waals surface area contributed by atoms with Gasteiger partial charge in [0.05, 0.1) is 12.1 Å². The molecular formula is C20H40N2O8S. The average Bonchev–Trinajstić information content (AvgIpc) is 2.39. The van der Waals surface area contributed by atoms with Crippen LogP contribution in [0, 0.1) is 0 Å². The van der Waals surface area contributed by atoms with Crippen molar-refractivity contribution in [3.05, 3.63) is 0 Å². The number of nitrogens with one attached hydrogen (secondary N) is 1. The predicted octanol–water partition coefficient (Wildman–Crippen LogP) is 3.34. The van der Waals surface area contributed by atoms with E-state index in [0.717, 1.165) is 0 Å². The van der Waals surface area contributed by atoms with Gasteiger partial charge in [-0.1, -0.05) is 0 Å². The van der Waals surface area contributed by atoms with Crippen molar-refractivity contribution < 1.29 is 36.8 Å². The van der Waals surface area contributed by atoms with Crippen molar-refractivity contribution in [3.63, 3.8) is 0 Å². The van der Waals surface area contributed by atoms with Crippen LogP contribution < -0.4 is 5.32 Å². The van der Waals surface area contributed by atoms with E-state index in [4.69, 9.17) is 14.6 Å². The molecule has 0 aromatic rings. The molecule has 1 heterocycles. The largest absolute Gasteiger partial charge is 0.444 e. The lowest BCUT2D eigenvalue weighted by molar-refractivity contribution is 0.0139. The summed E-state index contributed by atoms with van der Waals surface area (Å²) in [5.41, 5.74) is -2.50. The summed E-state index contributed by atoms with van der Waals surface area (Å²) < 4.78 is 38.9. The first-order valence-corrected chi connectivity index (χ1v) is 11.5. The average molecular weight is 469 g/mol. The molecule has 31 heavy (non-hydrogen) atoms. The molecule has 0 spiro atoms. The Hall–Kier alpha value is -1.59. The van der Waals surface area contributed by atoms with Gasteiger partial charge in [-0.25, -0.2) is 9.59 Å². The fourth-order valence-corrected chi connectivity index (χ4v) is 3.73. The highest BCUT2D eigenvalue weighted by Crippen LogP contribution is 2.30. The van der Waals surface area contributed by atoms with E-state index in [1.54, 1.807) is 34.6 Å². The van der Waals surface area contributed by atoms with Crippen molar-refractivity contribution in [1.29, 1.82) is 0 Å². The Bertz CT molecular complexity index is 718. The molecule has 11 heteroatoms. The summed E-state index contributed by atoms with van der Waals surface area (Å²) in [6.45, 7) is 17.6. The standard InChI is InChI=1S/C10H19NO5S.C10H21NO3/c1-9(2,3)16-8(12)11-10(4,5)6-7-15-17(11,13)14;1-9(2,3)14-8(13)11-10(4,5)6-7-12/h6-7H2,1-5H3;12H,6-7H2,1-5H3,(H,11,13). The molecule has 0 atom stereocenters. The van der Waals surface area contributed by atoms with Crippen LogP contribution in [0.5, 0.6) is 0 Å². The van der Waals surface area contributed by atoms with Crippen LogP contribution in [0.15, 0.2) is 0 Å². The Kier molecular flexibility index (Phi) is 9.82. The van der Waals surface area contributed by atoms with Crippen molar-refractivity contribution >= 4 is 22.5 Å². The van der Waals surface area contributed by atoms with Gasteiger partial charge < -0.3 is 19.9 Å². The SMILES string of the molecule is CC(C)(C)OC(=O)N1C(C)(C)CCOS1(=O)=O.CC(C)(CCO)NC(=O)OC(C)(C)C. The molecule has 0 aromatic heterocycles. The summed E-state index contributed by atoms with van der Waals surface area (Å²) in [5, 5.41) is 11.4. The third kappa shape index (κ3) is 11.6. The van der Waals surface area contributed by atoms with E-state index < -0.39 is 44.8 Å². The van der Waals surface area contributed by atoms with Crippen LogP contribution in [0.3, 0.4) is 0 Å². The molecule has 10 nitrogen and oxygen atoms in total. The summed E-state index contributed by atoms with van der Waals surface area (Å²) in [5.74, 6) is 0. The first kappa shape index (κ1) is 29.4. The molecule has 184 valence electrons. The smallest absolute Gasteiger partial charge is 0.426 e. The van der Waals surface area contributed by atoms with Gasteiger partial charge in [0.15, 0.2) is 0 Å². The molecule has 0 bridgehead atoms. The van der Waals surface area contributed by atoms with Crippen LogP contribution in [-0.2, 0) is 24.0 Å². The quantitative estimate of drug-likeness (QED) is 0.645. The van der Waals surface area contributed by atoms with E-state index in [1.807, 2.05) is 34.6 Å². The summed E-state index contributed by atoms with van der Waals surface area (Å²) in [7, 11) is -4.04. The van der Waals surface area contributed by atoms with Crippen LogP contribution in [0.25, 0.3) is 0 Å². The first-order chi connectivity index (χ1) is 13.6. The van der Waals surface area contributed by atoms with E-state index in [2.05, 4.69) is 9.50 Å². The number of hydrogen-bond donors (Lipinski definition) is 2. The molecule has 1 fully saturated rings. The second kappa shape index (κ2) is 10.4. The fraction of sp³-hybridized carbons (Fsp3) is 0.900. The van der Waals surface area contributed by atoms with E-state index in [0.29, 0.717) is 17.1 Å². The number of hydrogen-bond acceptors (Lipinski definition) is 8. The summed E-state index contributed by atoms with van der Waals surface area (Å²) >= 11 is 0. The number of aliphatic hydroxyl groups is 1. The van der Waals surface area contributed by atoms with Gasteiger partial charge in [-0.05, 0) is 82.1 Å². The maximum absolute atomic E-state index is 11.9. The number of nitrogens with zero attached hydrogens (tertiary/aromatic N) is 1. The number of carbonyl (C=O) groups is 2. The lowest BCUT2D eigenvalue weighted by Gasteiger charge is -2.40. The number of alkyl carbamates (subject to hydrolysis) is 1. The minimum atomic E-state index is -4.04. The van der Waals surface area contributed by atoms with Gasteiger partial charge in [0.25, 0.3) is 0 Å². The summed E-state index contributed by atoms with van der Waals surface area (Å²) in [4.78, 5) is 23.2. The molecule has 1 aliphatic heterocycles. The zero-order valence-electron chi connectivity index (χ0n) is 20.5. The van der Waals surface area contributed by atoms with Crippen LogP contribution in [0.1, 0.15) is 82.1 Å². The molecule has 1 aliphatic rings. The lowest BCUT2D eigenvalue weighted by atomic mass is 10.0. The van der Waals surface area contributed by atoms with Crippen molar-refractivity contribution in [2.24, 2.45) is 0 Å². The van der Waals surface area contributed by atoms with Gasteiger partial charge in [-0.15, -0.1) is 0 Å². The zero-order chi connectivity index (χ0) is 24.9. The monoisotopic (exact) mass is 468 g/mol. The molecule has 2 N–H and O–H groups in total. The Morgan fingerprint density at radius 3 is 1.90 bits per heavy atom. The predicted molar refractivity (Wildman–Crippen MR) is 117 cm³/mol. The normalized spacial score (nSPS) is 18.4. The second-order valence-corrected chi connectivity index (χ2v) is 12.0. The Morgan fingerprint density at radius 2 is 1.52 bits per heavy atom. The maximum atomic E-state index is 11.9. The van der Waals surface area contributed by atoms with E-state index in [1.165, 1.54) is 0 Å². The van der Waals surface area contributed by atoms with E-state index in [-0.39, 0.29) is 13.2 Å². The molecule has 0 aliphatic carbocycles. The highest BCUT2D eigenvalue weighted by molar-refractivity contribution is 7.85. The van der Waals surface area contributed by atoms with E-state index >= 15 is 0 Å². The third-order valence-corrected chi connectivity index (χ3v) is 5.41. The molecule has 1 saturated heterocycles. The zero-order valence-corrected chi connectivity index (χ0v) is 21.3. The van der Waals surface area contributed by atoms with Gasteiger partial charge in [-0.3, -0.25) is 4.18 Å². The molecule has 0 aromatic carbocycles. The highest BCUT2D eigenvalue weighted by atomic mass is 32.2. The molecule has 0 saturated carbocycles. The molecule has 2 amide bonds.